The van der Waals surface area contributed by atoms with Crippen molar-refractivity contribution in [1.82, 2.24) is 5.48 Å². The lowest BCUT2D eigenvalue weighted by molar-refractivity contribution is 0.0536. The molecule has 1 heterocycles. The zero-order valence-electron chi connectivity index (χ0n) is 13.4. The normalized spacial score (nSPS) is 10.9. The van der Waals surface area contributed by atoms with Crippen LogP contribution in [0.3, 0.4) is 0 Å². The summed E-state index contributed by atoms with van der Waals surface area (Å²) < 4.78 is 5.81. The molecule has 25 heavy (non-hydrogen) atoms. The lowest BCUT2D eigenvalue weighted by atomic mass is 10.1. The van der Waals surface area contributed by atoms with Crippen LogP contribution in [0.25, 0.3) is 21.9 Å². The van der Waals surface area contributed by atoms with E-state index >= 15 is 0 Å². The van der Waals surface area contributed by atoms with Gasteiger partial charge in [-0.1, -0.05) is 48.5 Å². The second kappa shape index (κ2) is 6.67. The molecule has 0 radical (unpaired) electrons. The molecule has 0 spiro atoms. The number of hydroxylamine groups is 1. The van der Waals surface area contributed by atoms with Crippen molar-refractivity contribution in [2.45, 2.75) is 6.61 Å². The van der Waals surface area contributed by atoms with Gasteiger partial charge in [-0.15, -0.1) is 0 Å². The van der Waals surface area contributed by atoms with Gasteiger partial charge in [0.25, 0.3) is 0 Å². The van der Waals surface area contributed by atoms with Crippen LogP contribution in [0.5, 0.6) is 0 Å². The van der Waals surface area contributed by atoms with Crippen LogP contribution in [0, 0.1) is 0 Å². The van der Waals surface area contributed by atoms with Crippen molar-refractivity contribution >= 4 is 33.7 Å². The SMILES string of the molecule is O=C(NOCc1ccccc1)Nc1ccc2c(c1)oc1ccccc12. The molecular weight excluding hydrogens is 316 g/mol. The number of urea groups is 1. The molecule has 0 atom stereocenters. The van der Waals surface area contributed by atoms with E-state index in [1.807, 2.05) is 66.7 Å². The van der Waals surface area contributed by atoms with Crippen molar-refractivity contribution in [3.8, 4) is 0 Å². The highest BCUT2D eigenvalue weighted by Gasteiger charge is 2.08. The molecule has 0 aliphatic heterocycles. The molecule has 3 aromatic carbocycles. The first-order valence-corrected chi connectivity index (χ1v) is 7.93. The Balaban J connectivity index is 1.41. The number of nitrogens with one attached hydrogen (secondary N) is 2. The predicted octanol–water partition coefficient (Wildman–Crippen LogP) is 4.84. The monoisotopic (exact) mass is 332 g/mol. The van der Waals surface area contributed by atoms with E-state index in [9.17, 15) is 4.79 Å². The van der Waals surface area contributed by atoms with Gasteiger partial charge in [0, 0.05) is 22.5 Å². The van der Waals surface area contributed by atoms with Crippen LogP contribution in [0.4, 0.5) is 10.5 Å². The minimum atomic E-state index is -0.439. The van der Waals surface area contributed by atoms with E-state index in [4.69, 9.17) is 9.25 Å². The lowest BCUT2D eigenvalue weighted by Crippen LogP contribution is -2.28. The van der Waals surface area contributed by atoms with E-state index in [0.29, 0.717) is 12.3 Å². The van der Waals surface area contributed by atoms with E-state index in [-0.39, 0.29) is 0 Å². The van der Waals surface area contributed by atoms with Crippen LogP contribution in [0.2, 0.25) is 0 Å². The lowest BCUT2D eigenvalue weighted by Gasteiger charge is -2.08. The molecule has 0 aliphatic rings. The first kappa shape index (κ1) is 15.2. The van der Waals surface area contributed by atoms with Crippen LogP contribution in [-0.2, 0) is 11.4 Å². The van der Waals surface area contributed by atoms with Crippen LogP contribution < -0.4 is 10.8 Å². The van der Waals surface area contributed by atoms with E-state index in [0.717, 1.165) is 27.5 Å². The highest BCUT2D eigenvalue weighted by atomic mass is 16.7. The Bertz CT molecular complexity index is 1020. The van der Waals surface area contributed by atoms with Gasteiger partial charge < -0.3 is 9.73 Å². The highest BCUT2D eigenvalue weighted by Crippen LogP contribution is 2.30. The van der Waals surface area contributed by atoms with Crippen molar-refractivity contribution in [1.29, 1.82) is 0 Å². The molecule has 0 saturated heterocycles. The summed E-state index contributed by atoms with van der Waals surface area (Å²) in [4.78, 5) is 17.1. The molecular formula is C20H16N2O3. The molecule has 5 nitrogen and oxygen atoms in total. The Kier molecular flexibility index (Phi) is 4.06. The van der Waals surface area contributed by atoms with Crippen LogP contribution >= 0.6 is 0 Å². The maximum Gasteiger partial charge on any atom is 0.343 e. The molecule has 124 valence electrons. The fraction of sp³-hybridized carbons (Fsp3) is 0.0500. The molecule has 2 amide bonds. The smallest absolute Gasteiger partial charge is 0.343 e. The number of fused-ring (bicyclic) bond motifs is 3. The van der Waals surface area contributed by atoms with Crippen LogP contribution in [0.15, 0.2) is 77.2 Å². The zero-order valence-corrected chi connectivity index (χ0v) is 13.4. The maximum atomic E-state index is 11.9. The van der Waals surface area contributed by atoms with E-state index in [2.05, 4.69) is 10.8 Å². The van der Waals surface area contributed by atoms with Gasteiger partial charge in [-0.2, -0.15) is 0 Å². The molecule has 4 rings (SSSR count). The molecule has 2 N–H and O–H groups in total. The number of carbonyl (C=O) groups excluding carboxylic acids is 1. The fourth-order valence-corrected chi connectivity index (χ4v) is 2.72. The van der Waals surface area contributed by atoms with Gasteiger partial charge >= 0.3 is 6.03 Å². The summed E-state index contributed by atoms with van der Waals surface area (Å²) in [6, 6.07) is 22.6. The van der Waals surface area contributed by atoms with Crippen molar-refractivity contribution in [3.63, 3.8) is 0 Å². The Hall–Kier alpha value is -3.31. The quantitative estimate of drug-likeness (QED) is 0.526. The third kappa shape index (κ3) is 3.32. The Labute approximate surface area is 144 Å². The third-order valence-corrected chi connectivity index (χ3v) is 3.88. The van der Waals surface area contributed by atoms with E-state index in [1.54, 1.807) is 6.07 Å². The minimum absolute atomic E-state index is 0.302. The molecule has 5 heteroatoms. The summed E-state index contributed by atoms with van der Waals surface area (Å²) >= 11 is 0. The first-order chi connectivity index (χ1) is 12.3. The molecule has 1 aromatic heterocycles. The van der Waals surface area contributed by atoms with Gasteiger partial charge in [0.1, 0.15) is 11.2 Å². The first-order valence-electron chi connectivity index (χ1n) is 7.93. The third-order valence-electron chi connectivity index (χ3n) is 3.88. The van der Waals surface area contributed by atoms with Crippen molar-refractivity contribution < 1.29 is 14.0 Å². The van der Waals surface area contributed by atoms with Crippen LogP contribution in [-0.4, -0.2) is 6.03 Å². The fourth-order valence-electron chi connectivity index (χ4n) is 2.72. The van der Waals surface area contributed by atoms with Gasteiger partial charge in [0.05, 0.1) is 6.61 Å². The Morgan fingerprint density at radius 1 is 0.880 bits per heavy atom. The standard InChI is InChI=1S/C20H16N2O3/c23-20(22-24-13-14-6-2-1-3-7-14)21-15-10-11-17-16-8-4-5-9-18(16)25-19(17)12-15/h1-12H,13H2,(H2,21,22,23). The van der Waals surface area contributed by atoms with Gasteiger partial charge in [0.2, 0.25) is 0 Å². The maximum absolute atomic E-state index is 11.9. The molecule has 4 aromatic rings. The number of para-hydroxylation sites is 1. The molecule has 0 unspecified atom stereocenters. The second-order valence-corrected chi connectivity index (χ2v) is 5.64. The number of benzene rings is 3. The number of hydrogen-bond acceptors (Lipinski definition) is 3. The number of hydrogen-bond donors (Lipinski definition) is 2. The Morgan fingerprint density at radius 2 is 1.64 bits per heavy atom. The van der Waals surface area contributed by atoms with Crippen LogP contribution in [0.1, 0.15) is 5.56 Å². The van der Waals surface area contributed by atoms with Gasteiger partial charge in [-0.05, 0) is 23.8 Å². The summed E-state index contributed by atoms with van der Waals surface area (Å²) in [6.45, 7) is 0.302. The number of rotatable bonds is 4. The topological polar surface area (TPSA) is 63.5 Å². The van der Waals surface area contributed by atoms with Gasteiger partial charge in [-0.3, -0.25) is 4.84 Å². The average Bonchev–Trinajstić information content (AvgIpc) is 3.00. The largest absolute Gasteiger partial charge is 0.456 e. The molecule has 0 fully saturated rings. The van der Waals surface area contributed by atoms with Crippen molar-refractivity contribution in [2.75, 3.05) is 5.32 Å². The van der Waals surface area contributed by atoms with Crippen molar-refractivity contribution in [2.24, 2.45) is 0 Å². The molecule has 0 saturated carbocycles. The van der Waals surface area contributed by atoms with Gasteiger partial charge in [-0.25, -0.2) is 10.3 Å². The summed E-state index contributed by atoms with van der Waals surface area (Å²) in [6.07, 6.45) is 0. The Morgan fingerprint density at radius 3 is 2.52 bits per heavy atom. The number of carbonyl (C=O) groups is 1. The summed E-state index contributed by atoms with van der Waals surface area (Å²) in [5.41, 5.74) is 5.53. The van der Waals surface area contributed by atoms with E-state index in [1.165, 1.54) is 0 Å². The molecule has 0 aliphatic carbocycles. The summed E-state index contributed by atoms with van der Waals surface area (Å²) in [5, 5.41) is 4.80. The minimum Gasteiger partial charge on any atom is -0.456 e. The summed E-state index contributed by atoms with van der Waals surface area (Å²) in [7, 11) is 0. The second-order valence-electron chi connectivity index (χ2n) is 5.64. The average molecular weight is 332 g/mol. The highest BCUT2D eigenvalue weighted by molar-refractivity contribution is 6.06. The number of amides is 2. The molecule has 0 bridgehead atoms. The summed E-state index contributed by atoms with van der Waals surface area (Å²) in [5.74, 6) is 0. The van der Waals surface area contributed by atoms with Crippen molar-refractivity contribution in [3.05, 3.63) is 78.4 Å². The predicted molar refractivity (Wildman–Crippen MR) is 97.1 cm³/mol. The zero-order chi connectivity index (χ0) is 17.1. The number of anilines is 1. The van der Waals surface area contributed by atoms with Gasteiger partial charge in [0.15, 0.2) is 0 Å². The van der Waals surface area contributed by atoms with E-state index < -0.39 is 6.03 Å². The number of furan rings is 1.